The molecule has 0 aromatic rings. The molecule has 0 fully saturated rings. The number of carbonyl (C=O) groups excluding carboxylic acids is 1. The fraction of sp³-hybridized carbons (Fsp3) is 0.833. The van der Waals surface area contributed by atoms with Crippen LogP contribution >= 0.6 is 0 Å². The van der Waals surface area contributed by atoms with Gasteiger partial charge in [0, 0.05) is 7.05 Å². The Morgan fingerprint density at radius 2 is 2.30 bits per heavy atom. The maximum absolute atomic E-state index is 10.6. The Morgan fingerprint density at radius 3 is 2.60 bits per heavy atom. The Hall–Kier alpha value is -0.770. The SMILES string of the molecule is CCC(CO)NC(=O)NC. The first-order valence-corrected chi connectivity index (χ1v) is 3.33. The third-order valence-electron chi connectivity index (χ3n) is 1.28. The smallest absolute Gasteiger partial charge is 0.314 e. The molecule has 10 heavy (non-hydrogen) atoms. The molecule has 0 saturated carbocycles. The van der Waals surface area contributed by atoms with Gasteiger partial charge in [-0.05, 0) is 6.42 Å². The van der Waals surface area contributed by atoms with Crippen LogP contribution in [0.15, 0.2) is 0 Å². The summed E-state index contributed by atoms with van der Waals surface area (Å²) in [6.45, 7) is 1.89. The number of nitrogens with one attached hydrogen (secondary N) is 2. The normalized spacial score (nSPS) is 12.3. The third kappa shape index (κ3) is 3.29. The molecule has 4 heteroatoms. The van der Waals surface area contributed by atoms with Crippen LogP contribution in [0.1, 0.15) is 13.3 Å². The summed E-state index contributed by atoms with van der Waals surface area (Å²) in [6.07, 6.45) is 0.740. The quantitative estimate of drug-likeness (QED) is 0.511. The van der Waals surface area contributed by atoms with Gasteiger partial charge >= 0.3 is 6.03 Å². The van der Waals surface area contributed by atoms with E-state index in [9.17, 15) is 4.79 Å². The van der Waals surface area contributed by atoms with Gasteiger partial charge in [-0.25, -0.2) is 4.79 Å². The Kier molecular flexibility index (Phi) is 4.66. The van der Waals surface area contributed by atoms with Crippen LogP contribution in [-0.4, -0.2) is 30.8 Å². The second-order valence-corrected chi connectivity index (χ2v) is 2.01. The van der Waals surface area contributed by atoms with E-state index in [-0.39, 0.29) is 18.7 Å². The first kappa shape index (κ1) is 9.23. The zero-order valence-electron chi connectivity index (χ0n) is 6.35. The van der Waals surface area contributed by atoms with Crippen molar-refractivity contribution in [3.05, 3.63) is 0 Å². The average Bonchev–Trinajstić information content (AvgIpc) is 1.99. The van der Waals surface area contributed by atoms with Gasteiger partial charge in [-0.2, -0.15) is 0 Å². The lowest BCUT2D eigenvalue weighted by atomic mass is 10.2. The molecule has 0 radical (unpaired) electrons. The molecule has 0 aromatic heterocycles. The molecule has 1 unspecified atom stereocenters. The highest BCUT2D eigenvalue weighted by molar-refractivity contribution is 5.73. The molecular weight excluding hydrogens is 132 g/mol. The first-order chi connectivity index (χ1) is 4.74. The van der Waals surface area contributed by atoms with Gasteiger partial charge < -0.3 is 15.7 Å². The molecule has 1 atom stereocenters. The molecule has 0 aromatic carbocycles. The van der Waals surface area contributed by atoms with Crippen LogP contribution in [0, 0.1) is 0 Å². The van der Waals surface area contributed by atoms with E-state index in [1.54, 1.807) is 7.05 Å². The van der Waals surface area contributed by atoms with Gasteiger partial charge in [-0.3, -0.25) is 0 Å². The fourth-order valence-corrected chi connectivity index (χ4v) is 0.534. The molecule has 60 valence electrons. The van der Waals surface area contributed by atoms with Gasteiger partial charge in [-0.1, -0.05) is 6.92 Å². The van der Waals surface area contributed by atoms with E-state index in [4.69, 9.17) is 5.11 Å². The zero-order valence-corrected chi connectivity index (χ0v) is 6.35. The zero-order chi connectivity index (χ0) is 7.98. The molecule has 0 heterocycles. The highest BCUT2D eigenvalue weighted by Crippen LogP contribution is 1.86. The molecule has 3 N–H and O–H groups in total. The van der Waals surface area contributed by atoms with Gasteiger partial charge in [0.05, 0.1) is 12.6 Å². The number of aliphatic hydroxyl groups is 1. The van der Waals surface area contributed by atoms with Crippen molar-refractivity contribution in [1.29, 1.82) is 0 Å². The van der Waals surface area contributed by atoms with Crippen molar-refractivity contribution in [2.24, 2.45) is 0 Å². The number of hydrogen-bond acceptors (Lipinski definition) is 2. The van der Waals surface area contributed by atoms with Crippen molar-refractivity contribution >= 4 is 6.03 Å². The van der Waals surface area contributed by atoms with E-state index in [1.165, 1.54) is 0 Å². The summed E-state index contributed by atoms with van der Waals surface area (Å²) in [7, 11) is 1.54. The highest BCUT2D eigenvalue weighted by atomic mass is 16.3. The lowest BCUT2D eigenvalue weighted by Crippen LogP contribution is -2.41. The number of aliphatic hydroxyl groups excluding tert-OH is 1. The van der Waals surface area contributed by atoms with Gasteiger partial charge in [-0.15, -0.1) is 0 Å². The predicted octanol–water partition coefficient (Wildman–Crippen LogP) is -0.314. The summed E-state index contributed by atoms with van der Waals surface area (Å²) in [6, 6.07) is -0.374. The second-order valence-electron chi connectivity index (χ2n) is 2.01. The summed E-state index contributed by atoms with van der Waals surface area (Å²) in [5.41, 5.74) is 0. The molecule has 0 bridgehead atoms. The number of hydrogen-bond donors (Lipinski definition) is 3. The number of carbonyl (C=O) groups is 1. The lowest BCUT2D eigenvalue weighted by Gasteiger charge is -2.12. The summed E-state index contributed by atoms with van der Waals surface area (Å²) in [4.78, 5) is 10.6. The summed E-state index contributed by atoms with van der Waals surface area (Å²) >= 11 is 0. The average molecular weight is 146 g/mol. The van der Waals surface area contributed by atoms with Crippen molar-refractivity contribution in [3.63, 3.8) is 0 Å². The molecule has 0 aliphatic carbocycles. The Morgan fingerprint density at radius 1 is 1.70 bits per heavy atom. The molecular formula is C6H14N2O2. The molecule has 0 rings (SSSR count). The van der Waals surface area contributed by atoms with Crippen LogP contribution in [0.3, 0.4) is 0 Å². The van der Waals surface area contributed by atoms with Crippen LogP contribution < -0.4 is 10.6 Å². The summed E-state index contributed by atoms with van der Waals surface area (Å²) in [5.74, 6) is 0. The largest absolute Gasteiger partial charge is 0.394 e. The summed E-state index contributed by atoms with van der Waals surface area (Å²) < 4.78 is 0. The minimum atomic E-state index is -0.249. The van der Waals surface area contributed by atoms with Crippen molar-refractivity contribution < 1.29 is 9.90 Å². The van der Waals surface area contributed by atoms with Gasteiger partial charge in [0.1, 0.15) is 0 Å². The van der Waals surface area contributed by atoms with Crippen molar-refractivity contribution in [2.75, 3.05) is 13.7 Å². The van der Waals surface area contributed by atoms with Crippen LogP contribution in [0.2, 0.25) is 0 Å². The maximum atomic E-state index is 10.6. The molecule has 0 aliphatic rings. The first-order valence-electron chi connectivity index (χ1n) is 3.33. The highest BCUT2D eigenvalue weighted by Gasteiger charge is 2.05. The van der Waals surface area contributed by atoms with Gasteiger partial charge in [0.2, 0.25) is 0 Å². The van der Waals surface area contributed by atoms with E-state index < -0.39 is 0 Å². The predicted molar refractivity (Wildman–Crippen MR) is 38.8 cm³/mol. The molecule has 4 nitrogen and oxygen atoms in total. The van der Waals surface area contributed by atoms with E-state index in [0.29, 0.717) is 0 Å². The number of rotatable bonds is 3. The van der Waals surface area contributed by atoms with Crippen LogP contribution in [0.5, 0.6) is 0 Å². The number of amides is 2. The topological polar surface area (TPSA) is 61.4 Å². The van der Waals surface area contributed by atoms with E-state index >= 15 is 0 Å². The van der Waals surface area contributed by atoms with E-state index in [2.05, 4.69) is 10.6 Å². The molecule has 0 spiro atoms. The fourth-order valence-electron chi connectivity index (χ4n) is 0.534. The third-order valence-corrected chi connectivity index (χ3v) is 1.28. The van der Waals surface area contributed by atoms with E-state index in [0.717, 1.165) is 6.42 Å². The number of urea groups is 1. The minimum absolute atomic E-state index is 0.0100. The molecule has 0 saturated heterocycles. The van der Waals surface area contributed by atoms with Crippen molar-refractivity contribution in [2.45, 2.75) is 19.4 Å². The summed E-state index contributed by atoms with van der Waals surface area (Å²) in [5, 5.41) is 13.6. The minimum Gasteiger partial charge on any atom is -0.394 e. The molecule has 0 aliphatic heterocycles. The monoisotopic (exact) mass is 146 g/mol. The van der Waals surface area contributed by atoms with Crippen LogP contribution in [0.4, 0.5) is 4.79 Å². The van der Waals surface area contributed by atoms with E-state index in [1.807, 2.05) is 6.92 Å². The van der Waals surface area contributed by atoms with Crippen LogP contribution in [-0.2, 0) is 0 Å². The van der Waals surface area contributed by atoms with Crippen molar-refractivity contribution in [1.82, 2.24) is 10.6 Å². The Bertz CT molecular complexity index is 102. The molecule has 2 amide bonds. The maximum Gasteiger partial charge on any atom is 0.314 e. The van der Waals surface area contributed by atoms with Gasteiger partial charge in [0.25, 0.3) is 0 Å². The standard InChI is InChI=1S/C6H14N2O2/c1-3-5(4-9)8-6(10)7-2/h5,9H,3-4H2,1-2H3,(H2,7,8,10). The van der Waals surface area contributed by atoms with Crippen molar-refractivity contribution in [3.8, 4) is 0 Å². The Labute approximate surface area is 60.6 Å². The second kappa shape index (κ2) is 5.05. The van der Waals surface area contributed by atoms with Crippen LogP contribution in [0.25, 0.3) is 0 Å². The Balaban J connectivity index is 3.52. The lowest BCUT2D eigenvalue weighted by molar-refractivity contribution is 0.216. The van der Waals surface area contributed by atoms with Gasteiger partial charge in [0.15, 0.2) is 0 Å².